The Hall–Kier alpha value is -4.48. The highest BCUT2D eigenvalue weighted by molar-refractivity contribution is 7.07. The van der Waals surface area contributed by atoms with Crippen molar-refractivity contribution in [2.24, 2.45) is 0 Å². The largest absolute Gasteiger partial charge is 0.405 e. The van der Waals surface area contributed by atoms with Gasteiger partial charge in [-0.3, -0.25) is 23.9 Å². The van der Waals surface area contributed by atoms with Gasteiger partial charge in [0.15, 0.2) is 5.57 Å². The predicted molar refractivity (Wildman–Crippen MR) is 148 cm³/mol. The van der Waals surface area contributed by atoms with E-state index < -0.39 is 29.8 Å². The molecule has 0 saturated heterocycles. The first kappa shape index (κ1) is 29.5. The Morgan fingerprint density at radius 2 is 1.88 bits per heavy atom. The molecule has 14 heteroatoms. The number of anilines is 2. The third-order valence-corrected chi connectivity index (χ3v) is 7.30. The first-order chi connectivity index (χ1) is 19.6. The van der Waals surface area contributed by atoms with Gasteiger partial charge in [-0.05, 0) is 36.6 Å². The maximum Gasteiger partial charge on any atom is 0.405 e. The molecule has 214 valence electrons. The number of benzene rings is 1. The summed E-state index contributed by atoms with van der Waals surface area (Å²) in [5.74, 6) is -0.855. The Balaban J connectivity index is 1.47. The summed E-state index contributed by atoms with van der Waals surface area (Å²) in [5.41, 5.74) is 1.35. The first-order valence-corrected chi connectivity index (χ1v) is 13.4. The number of pyridine rings is 1. The van der Waals surface area contributed by atoms with Crippen LogP contribution in [0.25, 0.3) is 11.8 Å². The van der Waals surface area contributed by atoms with E-state index in [0.717, 1.165) is 28.9 Å². The molecule has 0 atom stereocenters. The fraction of sp³-hybridized carbons (Fsp3) is 0.296. The van der Waals surface area contributed by atoms with Gasteiger partial charge in [-0.2, -0.15) is 18.4 Å². The standard InChI is InChI=1S/C27H26F3N7O3S/c1-2-37-25(40)20(41-26(37)19(12-31)24(39)33-16-27(28,29)30)13-32-21-8-5-9-22(34-21)35-23(38)15-36-11-10-17-6-3-4-7-18(17)14-36/h3-9,13H,2,10-11,14-16H2,1H3,(H,33,39)(H2,32,34,35,38). The lowest BCUT2D eigenvalue weighted by atomic mass is 10.00. The molecule has 0 spiro atoms. The summed E-state index contributed by atoms with van der Waals surface area (Å²) in [6, 6.07) is 14.6. The minimum atomic E-state index is -4.65. The highest BCUT2D eigenvalue weighted by Gasteiger charge is 2.29. The van der Waals surface area contributed by atoms with Gasteiger partial charge in [0.1, 0.15) is 33.4 Å². The van der Waals surface area contributed by atoms with Crippen LogP contribution in [-0.2, 0) is 29.1 Å². The number of fused-ring (bicyclic) bond motifs is 1. The number of nitriles is 1. The smallest absolute Gasteiger partial charge is 0.345 e. The molecule has 0 bridgehead atoms. The number of rotatable bonds is 8. The monoisotopic (exact) mass is 585 g/mol. The summed E-state index contributed by atoms with van der Waals surface area (Å²) in [6.45, 7) is 1.72. The van der Waals surface area contributed by atoms with E-state index >= 15 is 0 Å². The van der Waals surface area contributed by atoms with Gasteiger partial charge in [0.2, 0.25) is 5.91 Å². The molecule has 10 nitrogen and oxygen atoms in total. The molecule has 0 fully saturated rings. The maximum absolute atomic E-state index is 12.9. The number of aromatic nitrogens is 2. The van der Waals surface area contributed by atoms with Crippen LogP contribution in [0, 0.1) is 11.3 Å². The van der Waals surface area contributed by atoms with Crippen molar-refractivity contribution >= 4 is 46.6 Å². The van der Waals surface area contributed by atoms with Crippen molar-refractivity contribution in [1.29, 1.82) is 5.26 Å². The molecule has 0 unspecified atom stereocenters. The number of halogens is 3. The topological polar surface area (TPSA) is 132 Å². The second-order valence-corrected chi connectivity index (χ2v) is 10.1. The lowest BCUT2D eigenvalue weighted by Gasteiger charge is -2.28. The number of thiazole rings is 1. The fourth-order valence-electron chi connectivity index (χ4n) is 4.26. The Morgan fingerprint density at radius 1 is 1.15 bits per heavy atom. The molecule has 3 heterocycles. The zero-order chi connectivity index (χ0) is 29.6. The number of hydrogen-bond donors (Lipinski definition) is 3. The van der Waals surface area contributed by atoms with Crippen LogP contribution in [0.2, 0.25) is 0 Å². The van der Waals surface area contributed by atoms with E-state index in [1.54, 1.807) is 36.5 Å². The summed E-state index contributed by atoms with van der Waals surface area (Å²) in [7, 11) is 0. The van der Waals surface area contributed by atoms with Gasteiger partial charge in [-0.25, -0.2) is 4.98 Å². The number of nitrogens with zero attached hydrogens (tertiary/aromatic N) is 4. The summed E-state index contributed by atoms with van der Waals surface area (Å²) >= 11 is 0.782. The van der Waals surface area contributed by atoms with Crippen LogP contribution in [0.1, 0.15) is 18.1 Å². The molecule has 1 aromatic carbocycles. The number of amides is 2. The highest BCUT2D eigenvalue weighted by atomic mass is 32.1. The molecule has 2 aromatic heterocycles. The van der Waals surface area contributed by atoms with Gasteiger partial charge in [-0.15, -0.1) is 11.3 Å². The predicted octanol–water partition coefficient (Wildman–Crippen LogP) is 1.52. The molecule has 0 aliphatic carbocycles. The number of alkyl halides is 3. The zero-order valence-electron chi connectivity index (χ0n) is 21.9. The summed E-state index contributed by atoms with van der Waals surface area (Å²) < 4.78 is 38.7. The van der Waals surface area contributed by atoms with Crippen molar-refractivity contribution in [3.8, 4) is 6.07 Å². The van der Waals surface area contributed by atoms with Crippen molar-refractivity contribution in [3.05, 3.63) is 73.1 Å². The molecule has 3 N–H and O–H groups in total. The average Bonchev–Trinajstić information content (AvgIpc) is 3.25. The lowest BCUT2D eigenvalue weighted by Crippen LogP contribution is -2.37. The van der Waals surface area contributed by atoms with Crippen molar-refractivity contribution < 1.29 is 22.8 Å². The summed E-state index contributed by atoms with van der Waals surface area (Å²) in [4.78, 5) is 44.2. The van der Waals surface area contributed by atoms with E-state index in [0.29, 0.717) is 18.2 Å². The van der Waals surface area contributed by atoms with Crippen molar-refractivity contribution in [1.82, 2.24) is 19.8 Å². The molecule has 0 radical (unpaired) electrons. The third-order valence-electron chi connectivity index (χ3n) is 6.17. The number of hydrogen-bond acceptors (Lipinski definition) is 8. The number of carbonyl (C=O) groups excluding carboxylic acids is 2. The van der Waals surface area contributed by atoms with Gasteiger partial charge in [0, 0.05) is 25.8 Å². The summed E-state index contributed by atoms with van der Waals surface area (Å²) in [6.07, 6.45) is -2.46. The van der Waals surface area contributed by atoms with Crippen LogP contribution in [0.3, 0.4) is 0 Å². The fourth-order valence-corrected chi connectivity index (χ4v) is 5.34. The van der Waals surface area contributed by atoms with Gasteiger partial charge < -0.3 is 16.0 Å². The first-order valence-electron chi connectivity index (χ1n) is 12.6. The molecular weight excluding hydrogens is 559 g/mol. The van der Waals surface area contributed by atoms with E-state index in [9.17, 15) is 32.8 Å². The van der Waals surface area contributed by atoms with Crippen LogP contribution in [0.4, 0.5) is 24.8 Å². The Labute approximate surface area is 236 Å². The highest BCUT2D eigenvalue weighted by Crippen LogP contribution is 2.18. The van der Waals surface area contributed by atoms with E-state index in [1.807, 2.05) is 12.1 Å². The van der Waals surface area contributed by atoms with Crippen LogP contribution >= 0.6 is 11.3 Å². The summed E-state index contributed by atoms with van der Waals surface area (Å²) in [5, 5.41) is 16.7. The van der Waals surface area contributed by atoms with Gasteiger partial charge in [0.05, 0.1) is 6.54 Å². The molecule has 41 heavy (non-hydrogen) atoms. The van der Waals surface area contributed by atoms with Crippen LogP contribution in [0.15, 0.2) is 47.3 Å². The normalized spacial score (nSPS) is 14.6. The molecule has 1 aliphatic heterocycles. The Morgan fingerprint density at radius 3 is 2.59 bits per heavy atom. The second kappa shape index (κ2) is 12.8. The molecule has 0 saturated carbocycles. The Kier molecular flexibility index (Phi) is 9.21. The SMILES string of the molecule is CCn1c(=C(C#N)C(=O)NCC(F)(F)F)sc(=CNc2cccc(NC(=O)CN3CCc4ccccc4C3)n2)c1=O. The second-order valence-electron chi connectivity index (χ2n) is 9.08. The lowest BCUT2D eigenvalue weighted by molar-refractivity contribution is -0.135. The van der Waals surface area contributed by atoms with Gasteiger partial charge in [0.25, 0.3) is 11.5 Å². The molecule has 2 amide bonds. The molecule has 4 rings (SSSR count). The minimum Gasteiger partial charge on any atom is -0.345 e. The van der Waals surface area contributed by atoms with E-state index in [-0.39, 0.29) is 28.2 Å². The Bertz CT molecular complexity index is 1670. The van der Waals surface area contributed by atoms with Crippen molar-refractivity contribution in [3.63, 3.8) is 0 Å². The van der Waals surface area contributed by atoms with Gasteiger partial charge in [-0.1, -0.05) is 30.3 Å². The maximum atomic E-state index is 12.9. The quantitative estimate of drug-likeness (QED) is 0.365. The van der Waals surface area contributed by atoms with Crippen molar-refractivity contribution in [2.75, 3.05) is 30.3 Å². The van der Waals surface area contributed by atoms with E-state index in [4.69, 9.17) is 0 Å². The molecule has 1 aliphatic rings. The molecular formula is C27H26F3N7O3S. The van der Waals surface area contributed by atoms with E-state index in [2.05, 4.69) is 32.7 Å². The van der Waals surface area contributed by atoms with Crippen LogP contribution in [-0.4, -0.2) is 52.1 Å². The van der Waals surface area contributed by atoms with Crippen LogP contribution < -0.4 is 30.7 Å². The average molecular weight is 586 g/mol. The molecule has 3 aromatic rings. The number of nitrogens with one attached hydrogen (secondary N) is 3. The van der Waals surface area contributed by atoms with Gasteiger partial charge >= 0.3 is 6.18 Å². The minimum absolute atomic E-state index is 0.0676. The van der Waals surface area contributed by atoms with E-state index in [1.165, 1.54) is 17.3 Å². The number of carbonyl (C=O) groups is 2. The zero-order valence-corrected chi connectivity index (χ0v) is 22.7. The van der Waals surface area contributed by atoms with Crippen LogP contribution in [0.5, 0.6) is 0 Å². The van der Waals surface area contributed by atoms with Crippen molar-refractivity contribution in [2.45, 2.75) is 32.6 Å². The third kappa shape index (κ3) is 7.59.